The Labute approximate surface area is 85.7 Å². The highest BCUT2D eigenvalue weighted by molar-refractivity contribution is 6.31. The Hall–Kier alpha value is -1.35. The highest BCUT2D eigenvalue weighted by Gasteiger charge is 2.09. The van der Waals surface area contributed by atoms with Gasteiger partial charge in [-0.2, -0.15) is 0 Å². The summed E-state index contributed by atoms with van der Waals surface area (Å²) in [6.07, 6.45) is 1.43. The monoisotopic (exact) mass is 209 g/mol. The summed E-state index contributed by atoms with van der Waals surface area (Å²) in [5, 5.41) is 0.485. The maximum Gasteiger partial charge on any atom is 0.195 e. The third-order valence-corrected chi connectivity index (χ3v) is 2.18. The molecule has 0 aliphatic carbocycles. The molecule has 0 radical (unpaired) electrons. The van der Waals surface area contributed by atoms with Gasteiger partial charge in [0.2, 0.25) is 0 Å². The Morgan fingerprint density at radius 1 is 1.57 bits per heavy atom. The lowest BCUT2D eigenvalue weighted by molar-refractivity contribution is 0.112. The van der Waals surface area contributed by atoms with E-state index in [1.807, 2.05) is 6.92 Å². The molecule has 14 heavy (non-hydrogen) atoms. The average molecular weight is 210 g/mol. The zero-order chi connectivity index (χ0) is 10.1. The van der Waals surface area contributed by atoms with Crippen molar-refractivity contribution < 1.29 is 9.21 Å². The van der Waals surface area contributed by atoms with E-state index in [2.05, 4.69) is 4.98 Å². The second kappa shape index (κ2) is 3.42. The minimum Gasteiger partial charge on any atom is -0.441 e. The van der Waals surface area contributed by atoms with Crippen LogP contribution in [0.3, 0.4) is 0 Å². The molecule has 0 aliphatic heterocycles. The van der Waals surface area contributed by atoms with Crippen molar-refractivity contribution in [1.29, 1.82) is 0 Å². The molecule has 4 heteroatoms. The quantitative estimate of drug-likeness (QED) is 0.715. The highest BCUT2D eigenvalue weighted by atomic mass is 35.5. The van der Waals surface area contributed by atoms with Crippen LogP contribution in [-0.2, 0) is 6.42 Å². The van der Waals surface area contributed by atoms with E-state index < -0.39 is 0 Å². The maximum absolute atomic E-state index is 10.7. The fourth-order valence-corrected chi connectivity index (χ4v) is 1.52. The molecule has 72 valence electrons. The first-order chi connectivity index (χ1) is 6.74. The molecule has 0 spiro atoms. The zero-order valence-electron chi connectivity index (χ0n) is 7.58. The van der Waals surface area contributed by atoms with Crippen LogP contribution >= 0.6 is 11.6 Å². The Balaban J connectivity index is 2.77. The second-order valence-electron chi connectivity index (χ2n) is 2.92. The van der Waals surface area contributed by atoms with Crippen LogP contribution in [0.15, 0.2) is 16.5 Å². The molecular weight excluding hydrogens is 202 g/mol. The number of halogens is 1. The summed E-state index contributed by atoms with van der Waals surface area (Å²) in [6, 6.07) is 3.24. The summed E-state index contributed by atoms with van der Waals surface area (Å²) in [5.41, 5.74) is 1.62. The van der Waals surface area contributed by atoms with Crippen molar-refractivity contribution in [2.24, 2.45) is 0 Å². The number of fused-ring (bicyclic) bond motifs is 1. The number of rotatable bonds is 2. The summed E-state index contributed by atoms with van der Waals surface area (Å²) >= 11 is 5.81. The molecule has 0 fully saturated rings. The molecule has 0 saturated heterocycles. The van der Waals surface area contributed by atoms with Crippen LogP contribution in [0.5, 0.6) is 0 Å². The first-order valence-electron chi connectivity index (χ1n) is 4.28. The number of aromatic nitrogens is 1. The lowest BCUT2D eigenvalue weighted by atomic mass is 10.2. The second-order valence-corrected chi connectivity index (χ2v) is 3.36. The number of oxazole rings is 1. The molecule has 0 unspecified atom stereocenters. The molecule has 1 heterocycles. The number of benzene rings is 1. The summed E-state index contributed by atoms with van der Waals surface area (Å²) in [6.45, 7) is 1.94. The molecule has 0 bridgehead atoms. The molecule has 2 aromatic rings. The average Bonchev–Trinajstić information content (AvgIpc) is 2.59. The summed E-state index contributed by atoms with van der Waals surface area (Å²) in [4.78, 5) is 14.9. The Morgan fingerprint density at radius 2 is 2.36 bits per heavy atom. The largest absolute Gasteiger partial charge is 0.441 e. The molecular formula is C10H8ClNO2. The first-order valence-corrected chi connectivity index (χ1v) is 4.66. The molecule has 1 aromatic heterocycles. The van der Waals surface area contributed by atoms with Crippen LogP contribution in [0.25, 0.3) is 11.1 Å². The van der Waals surface area contributed by atoms with E-state index in [1.54, 1.807) is 12.1 Å². The van der Waals surface area contributed by atoms with E-state index in [1.165, 1.54) is 0 Å². The van der Waals surface area contributed by atoms with Gasteiger partial charge in [0.1, 0.15) is 5.52 Å². The van der Waals surface area contributed by atoms with Crippen molar-refractivity contribution in [3.63, 3.8) is 0 Å². The van der Waals surface area contributed by atoms with Crippen LogP contribution in [-0.4, -0.2) is 11.3 Å². The van der Waals surface area contributed by atoms with Gasteiger partial charge >= 0.3 is 0 Å². The number of hydrogen-bond acceptors (Lipinski definition) is 3. The van der Waals surface area contributed by atoms with Gasteiger partial charge in [-0.15, -0.1) is 0 Å². The van der Waals surface area contributed by atoms with Gasteiger partial charge in [0.15, 0.2) is 17.8 Å². The molecule has 0 amide bonds. The van der Waals surface area contributed by atoms with Crippen molar-refractivity contribution in [3.8, 4) is 0 Å². The van der Waals surface area contributed by atoms with E-state index in [9.17, 15) is 4.79 Å². The van der Waals surface area contributed by atoms with Gasteiger partial charge in [0.05, 0.1) is 0 Å². The van der Waals surface area contributed by atoms with E-state index in [-0.39, 0.29) is 0 Å². The molecule has 0 atom stereocenters. The van der Waals surface area contributed by atoms with Gasteiger partial charge in [-0.05, 0) is 6.07 Å². The molecule has 0 N–H and O–H groups in total. The van der Waals surface area contributed by atoms with Crippen molar-refractivity contribution in [1.82, 2.24) is 4.98 Å². The van der Waals surface area contributed by atoms with E-state index >= 15 is 0 Å². The van der Waals surface area contributed by atoms with Gasteiger partial charge in [-0.25, -0.2) is 4.98 Å². The number of aryl methyl sites for hydroxylation is 1. The van der Waals surface area contributed by atoms with Gasteiger partial charge in [-0.1, -0.05) is 18.5 Å². The summed E-state index contributed by atoms with van der Waals surface area (Å²) < 4.78 is 5.39. The third-order valence-electron chi connectivity index (χ3n) is 1.96. The molecule has 1 aromatic carbocycles. The van der Waals surface area contributed by atoms with Gasteiger partial charge in [0.25, 0.3) is 0 Å². The lowest BCUT2D eigenvalue weighted by Crippen LogP contribution is -1.83. The number of nitrogens with zero attached hydrogens (tertiary/aromatic N) is 1. The van der Waals surface area contributed by atoms with Crippen molar-refractivity contribution in [3.05, 3.63) is 28.6 Å². The topological polar surface area (TPSA) is 43.1 Å². The van der Waals surface area contributed by atoms with Crippen LogP contribution in [0.4, 0.5) is 0 Å². The number of hydrogen-bond donors (Lipinski definition) is 0. The Morgan fingerprint density at radius 3 is 3.00 bits per heavy atom. The maximum atomic E-state index is 10.7. The van der Waals surface area contributed by atoms with Crippen molar-refractivity contribution in [2.45, 2.75) is 13.3 Å². The van der Waals surface area contributed by atoms with Crippen molar-refractivity contribution >= 4 is 29.0 Å². The SMILES string of the molecule is CCc1nc2c(C=O)cc(Cl)cc2o1. The first kappa shape index (κ1) is 9.21. The lowest BCUT2D eigenvalue weighted by Gasteiger charge is -1.92. The van der Waals surface area contributed by atoms with Gasteiger partial charge < -0.3 is 4.42 Å². The number of carbonyl (C=O) groups is 1. The van der Waals surface area contributed by atoms with Crippen molar-refractivity contribution in [2.75, 3.05) is 0 Å². The normalized spacial score (nSPS) is 10.7. The summed E-state index contributed by atoms with van der Waals surface area (Å²) in [7, 11) is 0. The van der Waals surface area contributed by atoms with Crippen LogP contribution < -0.4 is 0 Å². The number of carbonyl (C=O) groups excluding carboxylic acids is 1. The highest BCUT2D eigenvalue weighted by Crippen LogP contribution is 2.23. The van der Waals surface area contributed by atoms with Gasteiger partial charge in [-0.3, -0.25) is 4.79 Å². The molecule has 0 aliphatic rings. The zero-order valence-corrected chi connectivity index (χ0v) is 8.34. The smallest absolute Gasteiger partial charge is 0.195 e. The fraction of sp³-hybridized carbons (Fsp3) is 0.200. The van der Waals surface area contributed by atoms with Crippen LogP contribution in [0.1, 0.15) is 23.2 Å². The van der Waals surface area contributed by atoms with Crippen LogP contribution in [0.2, 0.25) is 5.02 Å². The van der Waals surface area contributed by atoms with E-state index in [4.69, 9.17) is 16.0 Å². The minimum atomic E-state index is 0.468. The third kappa shape index (κ3) is 1.40. The molecule has 3 nitrogen and oxygen atoms in total. The van der Waals surface area contributed by atoms with Gasteiger partial charge in [0, 0.05) is 23.1 Å². The molecule has 2 rings (SSSR count). The molecule has 0 saturated carbocycles. The predicted octanol–water partition coefficient (Wildman–Crippen LogP) is 2.86. The Bertz CT molecular complexity index is 490. The Kier molecular flexibility index (Phi) is 2.25. The standard InChI is InChI=1S/C10H8ClNO2/c1-2-9-12-10-6(5-13)3-7(11)4-8(10)14-9/h3-5H,2H2,1H3. The summed E-state index contributed by atoms with van der Waals surface area (Å²) in [5.74, 6) is 0.616. The fourth-order valence-electron chi connectivity index (χ4n) is 1.31. The van der Waals surface area contributed by atoms with Crippen LogP contribution in [0, 0.1) is 0 Å². The van der Waals surface area contributed by atoms with E-state index in [0.717, 1.165) is 6.29 Å². The van der Waals surface area contributed by atoms with E-state index in [0.29, 0.717) is 34.0 Å². The predicted molar refractivity (Wildman–Crippen MR) is 53.8 cm³/mol. The minimum absolute atomic E-state index is 0.468. The number of aldehydes is 1.